The number of aliphatic carboxylic acids is 1. The third-order valence-electron chi connectivity index (χ3n) is 7.82. The Morgan fingerprint density at radius 1 is 1.03 bits per heavy atom. The fourth-order valence-electron chi connectivity index (χ4n) is 5.53. The molecule has 1 saturated heterocycles. The summed E-state index contributed by atoms with van der Waals surface area (Å²) in [5.74, 6) is 1.91. The van der Waals surface area contributed by atoms with E-state index in [1.165, 1.54) is 0 Å². The second kappa shape index (κ2) is 12.9. The summed E-state index contributed by atoms with van der Waals surface area (Å²) in [5, 5.41) is 18.7. The van der Waals surface area contributed by atoms with E-state index >= 15 is 0 Å². The number of nitrogens with zero attached hydrogens (tertiary/aromatic N) is 2. The Bertz CT molecular complexity index is 1330. The average molecular weight is 545 g/mol. The lowest BCUT2D eigenvalue weighted by molar-refractivity contribution is -0.137. The number of hydrogen-bond donors (Lipinski definition) is 1. The zero-order valence-corrected chi connectivity index (χ0v) is 23.3. The highest BCUT2D eigenvalue weighted by atomic mass is 32.1. The quantitative estimate of drug-likeness (QED) is 0.309. The minimum absolute atomic E-state index is 0. The van der Waals surface area contributed by atoms with Gasteiger partial charge in [-0.15, -0.1) is 0 Å². The normalized spacial score (nSPS) is 16.1. The number of piperidine rings is 1. The second-order valence-electron chi connectivity index (χ2n) is 10.4. The van der Waals surface area contributed by atoms with Gasteiger partial charge in [-0.3, -0.25) is 4.79 Å². The number of ether oxygens (including phenoxy) is 2. The molecule has 0 spiro atoms. The van der Waals surface area contributed by atoms with Crippen LogP contribution in [0, 0.1) is 23.2 Å². The van der Waals surface area contributed by atoms with Gasteiger partial charge in [-0.05, 0) is 91.0 Å². The summed E-state index contributed by atoms with van der Waals surface area (Å²) in [6.07, 6.45) is 4.43. The van der Waals surface area contributed by atoms with Crippen LogP contribution in [0.4, 0.5) is 5.69 Å². The van der Waals surface area contributed by atoms with Crippen molar-refractivity contribution in [3.05, 3.63) is 77.9 Å². The third kappa shape index (κ3) is 7.07. The predicted octanol–water partition coefficient (Wildman–Crippen LogP) is 6.61. The molecule has 0 radical (unpaired) electrons. The van der Waals surface area contributed by atoms with E-state index in [-0.39, 0.29) is 25.8 Å². The van der Waals surface area contributed by atoms with E-state index < -0.39 is 5.97 Å². The minimum Gasteiger partial charge on any atom is -0.497 e. The standard InChI is InChI=1S/C32H34N2O4.H2S/c1-37-27-10-11-29(25-5-2-4-23(16-25)20-33)31(18-27)34-14-12-22(13-15-34)21-38-28-7-3-6-26(17-28)30(19-32(35)36)24-8-9-24;/h2-7,10-11,16-18,22,24,30H,8-9,12-15,19,21H2,1H3,(H,35,36);1H2/t30-;/m0./s1. The summed E-state index contributed by atoms with van der Waals surface area (Å²) >= 11 is 0. The van der Waals surface area contributed by atoms with Crippen LogP contribution in [0.15, 0.2) is 66.7 Å². The number of anilines is 1. The number of carbonyl (C=O) groups is 1. The van der Waals surface area contributed by atoms with E-state index in [0.717, 1.165) is 72.6 Å². The molecule has 1 aliphatic carbocycles. The van der Waals surface area contributed by atoms with Crippen molar-refractivity contribution in [2.24, 2.45) is 11.8 Å². The number of carboxylic acid groups (broad SMARTS) is 1. The SMILES string of the molecule is COc1ccc(-c2cccc(C#N)c2)c(N2CCC(COc3cccc([C@@H](CC(=O)O)C4CC4)c3)CC2)c1.S. The Morgan fingerprint density at radius 2 is 1.79 bits per heavy atom. The molecule has 5 rings (SSSR count). The molecule has 6 nitrogen and oxygen atoms in total. The topological polar surface area (TPSA) is 82.8 Å². The van der Waals surface area contributed by atoms with Crippen LogP contribution in [-0.4, -0.2) is 37.9 Å². The van der Waals surface area contributed by atoms with E-state index in [2.05, 4.69) is 23.1 Å². The van der Waals surface area contributed by atoms with Crippen LogP contribution >= 0.6 is 13.5 Å². The highest BCUT2D eigenvalue weighted by Gasteiger charge is 2.34. The van der Waals surface area contributed by atoms with Gasteiger partial charge in [0.1, 0.15) is 11.5 Å². The first kappa shape index (κ1) is 28.4. The number of methoxy groups -OCH3 is 1. The van der Waals surface area contributed by atoms with Crippen LogP contribution in [-0.2, 0) is 4.79 Å². The van der Waals surface area contributed by atoms with Gasteiger partial charge in [0.2, 0.25) is 0 Å². The molecule has 0 amide bonds. The number of nitriles is 1. The van der Waals surface area contributed by atoms with Crippen molar-refractivity contribution in [2.75, 3.05) is 31.7 Å². The predicted molar refractivity (Wildman–Crippen MR) is 158 cm³/mol. The molecule has 39 heavy (non-hydrogen) atoms. The molecule has 1 heterocycles. The second-order valence-corrected chi connectivity index (χ2v) is 10.4. The first-order chi connectivity index (χ1) is 18.5. The molecule has 2 fully saturated rings. The summed E-state index contributed by atoms with van der Waals surface area (Å²) in [5.41, 5.74) is 4.97. The van der Waals surface area contributed by atoms with Crippen molar-refractivity contribution < 1.29 is 19.4 Å². The maximum atomic E-state index is 11.4. The minimum atomic E-state index is -0.739. The molecule has 7 heteroatoms. The lowest BCUT2D eigenvalue weighted by Crippen LogP contribution is -2.35. The van der Waals surface area contributed by atoms with Crippen molar-refractivity contribution >= 4 is 25.2 Å². The van der Waals surface area contributed by atoms with Crippen LogP contribution in [0.5, 0.6) is 11.5 Å². The molecule has 3 aromatic carbocycles. The Kier molecular flexibility index (Phi) is 9.42. The Morgan fingerprint density at radius 3 is 2.49 bits per heavy atom. The van der Waals surface area contributed by atoms with Gasteiger partial charge in [-0.2, -0.15) is 18.8 Å². The van der Waals surface area contributed by atoms with Crippen LogP contribution in [0.2, 0.25) is 0 Å². The van der Waals surface area contributed by atoms with E-state index in [1.54, 1.807) is 7.11 Å². The van der Waals surface area contributed by atoms with Gasteiger partial charge < -0.3 is 19.5 Å². The van der Waals surface area contributed by atoms with E-state index in [1.807, 2.05) is 54.6 Å². The Labute approximate surface area is 237 Å². The zero-order chi connectivity index (χ0) is 26.5. The Hall–Kier alpha value is -3.63. The molecule has 2 aliphatic rings. The fraction of sp³-hybridized carbons (Fsp3) is 0.375. The van der Waals surface area contributed by atoms with Gasteiger partial charge in [0.25, 0.3) is 0 Å². The van der Waals surface area contributed by atoms with Crippen molar-refractivity contribution in [3.8, 4) is 28.7 Å². The molecule has 0 aromatic heterocycles. The van der Waals surface area contributed by atoms with Gasteiger partial charge in [0.15, 0.2) is 0 Å². The van der Waals surface area contributed by atoms with E-state index in [4.69, 9.17) is 9.47 Å². The van der Waals surface area contributed by atoms with Gasteiger partial charge in [-0.1, -0.05) is 24.3 Å². The van der Waals surface area contributed by atoms with Crippen LogP contribution in [0.3, 0.4) is 0 Å². The maximum Gasteiger partial charge on any atom is 0.303 e. The van der Waals surface area contributed by atoms with Crippen molar-refractivity contribution in [1.82, 2.24) is 0 Å². The van der Waals surface area contributed by atoms with Gasteiger partial charge in [-0.25, -0.2) is 0 Å². The molecule has 0 unspecified atom stereocenters. The number of hydrogen-bond acceptors (Lipinski definition) is 5. The largest absolute Gasteiger partial charge is 0.497 e. The molecular formula is C32H36N2O4S. The summed E-state index contributed by atoms with van der Waals surface area (Å²) in [4.78, 5) is 13.8. The van der Waals surface area contributed by atoms with E-state index in [0.29, 0.717) is 24.0 Å². The fourth-order valence-corrected chi connectivity index (χ4v) is 5.53. The zero-order valence-electron chi connectivity index (χ0n) is 22.3. The number of benzene rings is 3. The van der Waals surface area contributed by atoms with Crippen molar-refractivity contribution in [3.63, 3.8) is 0 Å². The molecule has 1 N–H and O–H groups in total. The number of carboxylic acids is 1. The van der Waals surface area contributed by atoms with Gasteiger partial charge in [0.05, 0.1) is 31.8 Å². The van der Waals surface area contributed by atoms with Crippen molar-refractivity contribution in [2.45, 2.75) is 38.0 Å². The van der Waals surface area contributed by atoms with Crippen LogP contribution < -0.4 is 14.4 Å². The number of rotatable bonds is 10. The third-order valence-corrected chi connectivity index (χ3v) is 7.82. The molecule has 3 aromatic rings. The summed E-state index contributed by atoms with van der Waals surface area (Å²) < 4.78 is 11.7. The lowest BCUT2D eigenvalue weighted by atomic mass is 9.91. The molecule has 1 atom stereocenters. The monoisotopic (exact) mass is 544 g/mol. The summed E-state index contributed by atoms with van der Waals surface area (Å²) in [7, 11) is 1.68. The molecule has 1 saturated carbocycles. The molecule has 1 aliphatic heterocycles. The van der Waals surface area contributed by atoms with Crippen molar-refractivity contribution in [1.29, 1.82) is 5.26 Å². The van der Waals surface area contributed by atoms with Crippen LogP contribution in [0.25, 0.3) is 11.1 Å². The summed E-state index contributed by atoms with van der Waals surface area (Å²) in [6.45, 7) is 2.47. The lowest BCUT2D eigenvalue weighted by Gasteiger charge is -2.35. The first-order valence-electron chi connectivity index (χ1n) is 13.4. The highest BCUT2D eigenvalue weighted by Crippen LogP contribution is 2.45. The molecule has 0 bridgehead atoms. The van der Waals surface area contributed by atoms with E-state index in [9.17, 15) is 15.2 Å². The molecule has 204 valence electrons. The molecular weight excluding hydrogens is 508 g/mol. The van der Waals surface area contributed by atoms with Crippen LogP contribution in [0.1, 0.15) is 49.1 Å². The smallest absolute Gasteiger partial charge is 0.303 e. The Balaban J connectivity index is 0.00000353. The van der Waals surface area contributed by atoms with Gasteiger partial charge in [0, 0.05) is 30.4 Å². The van der Waals surface area contributed by atoms with Gasteiger partial charge >= 0.3 is 5.97 Å². The first-order valence-corrected chi connectivity index (χ1v) is 13.4. The average Bonchev–Trinajstić information content (AvgIpc) is 3.80. The summed E-state index contributed by atoms with van der Waals surface area (Å²) in [6, 6.07) is 24.1. The maximum absolute atomic E-state index is 11.4. The highest BCUT2D eigenvalue weighted by molar-refractivity contribution is 7.59.